The zero-order chi connectivity index (χ0) is 20.8. The highest BCUT2D eigenvalue weighted by molar-refractivity contribution is 7.12. The number of nitrogens with one attached hydrogen (secondary N) is 2. The molecule has 0 fully saturated rings. The van der Waals surface area contributed by atoms with Gasteiger partial charge in [-0.1, -0.05) is 24.3 Å². The number of rotatable bonds is 7. The summed E-state index contributed by atoms with van der Waals surface area (Å²) < 4.78 is 5.84. The summed E-state index contributed by atoms with van der Waals surface area (Å²) >= 11 is 1.33. The summed E-state index contributed by atoms with van der Waals surface area (Å²) in [5, 5.41) is 7.31. The lowest BCUT2D eigenvalue weighted by atomic mass is 10.1. The van der Waals surface area contributed by atoms with Gasteiger partial charge < -0.3 is 15.4 Å². The average Bonchev–Trinajstić information content (AvgIpc) is 3.25. The van der Waals surface area contributed by atoms with Crippen LogP contribution in [-0.4, -0.2) is 22.8 Å². The maximum absolute atomic E-state index is 12.2. The van der Waals surface area contributed by atoms with Crippen molar-refractivity contribution in [2.75, 3.05) is 0 Å². The fraction of sp³-hybridized carbons (Fsp3) is 0.227. The van der Waals surface area contributed by atoms with E-state index in [2.05, 4.69) is 15.6 Å². The van der Waals surface area contributed by atoms with Gasteiger partial charge in [-0.25, -0.2) is 4.98 Å². The minimum Gasteiger partial charge on any atom is -0.439 e. The topological polar surface area (TPSA) is 80.3 Å². The molecule has 29 heavy (non-hydrogen) atoms. The number of hydrogen-bond donors (Lipinski definition) is 2. The van der Waals surface area contributed by atoms with E-state index < -0.39 is 6.04 Å². The number of pyridine rings is 1. The predicted molar refractivity (Wildman–Crippen MR) is 113 cm³/mol. The van der Waals surface area contributed by atoms with Gasteiger partial charge in [0.05, 0.1) is 4.88 Å². The Hall–Kier alpha value is -3.19. The molecule has 2 amide bonds. The van der Waals surface area contributed by atoms with Crippen molar-refractivity contribution >= 4 is 23.2 Å². The minimum absolute atomic E-state index is 0.253. The van der Waals surface area contributed by atoms with Gasteiger partial charge in [-0.3, -0.25) is 9.59 Å². The first-order valence-corrected chi connectivity index (χ1v) is 10.1. The van der Waals surface area contributed by atoms with E-state index in [0.29, 0.717) is 17.3 Å². The van der Waals surface area contributed by atoms with Gasteiger partial charge >= 0.3 is 0 Å². The second kappa shape index (κ2) is 9.34. The van der Waals surface area contributed by atoms with Crippen molar-refractivity contribution in [2.24, 2.45) is 0 Å². The SMILES string of the molecule is Cc1ccc(C)c(Oc2ccc(CNC(=O)[C@@H](C)NC(=O)c3cccs3)cn2)c1. The number of carbonyl (C=O) groups is 2. The van der Waals surface area contributed by atoms with Crippen LogP contribution in [0.15, 0.2) is 54.0 Å². The molecule has 0 aliphatic heterocycles. The summed E-state index contributed by atoms with van der Waals surface area (Å²) in [5.74, 6) is 0.752. The normalized spacial score (nSPS) is 11.6. The van der Waals surface area contributed by atoms with E-state index >= 15 is 0 Å². The third-order valence-corrected chi connectivity index (χ3v) is 5.18. The van der Waals surface area contributed by atoms with Gasteiger partial charge in [-0.2, -0.15) is 0 Å². The Morgan fingerprint density at radius 3 is 2.69 bits per heavy atom. The number of benzene rings is 1. The molecule has 0 aliphatic carbocycles. The van der Waals surface area contributed by atoms with Gasteiger partial charge in [0.1, 0.15) is 11.8 Å². The zero-order valence-corrected chi connectivity index (χ0v) is 17.4. The quantitative estimate of drug-likeness (QED) is 0.618. The van der Waals surface area contributed by atoms with Gasteiger partial charge in [0.2, 0.25) is 11.8 Å². The number of hydrogen-bond acceptors (Lipinski definition) is 5. The highest BCUT2D eigenvalue weighted by Crippen LogP contribution is 2.24. The summed E-state index contributed by atoms with van der Waals surface area (Å²) in [6.07, 6.45) is 1.66. The van der Waals surface area contributed by atoms with Crippen LogP contribution in [0.25, 0.3) is 0 Å². The molecule has 0 aliphatic rings. The largest absolute Gasteiger partial charge is 0.439 e. The summed E-state index contributed by atoms with van der Waals surface area (Å²) in [6, 6.07) is 12.5. The molecule has 0 radical (unpaired) electrons. The van der Waals surface area contributed by atoms with Crippen molar-refractivity contribution in [3.05, 3.63) is 75.6 Å². The summed E-state index contributed by atoms with van der Waals surface area (Å²) in [5.41, 5.74) is 2.99. The van der Waals surface area contributed by atoms with Crippen LogP contribution >= 0.6 is 11.3 Å². The Labute approximate surface area is 173 Å². The molecular weight excluding hydrogens is 386 g/mol. The molecule has 0 unspecified atom stereocenters. The molecule has 1 aromatic carbocycles. The Morgan fingerprint density at radius 2 is 2.00 bits per heavy atom. The van der Waals surface area contributed by atoms with Gasteiger partial charge in [0.25, 0.3) is 5.91 Å². The molecule has 2 N–H and O–H groups in total. The van der Waals surface area contributed by atoms with Crippen molar-refractivity contribution in [3.63, 3.8) is 0 Å². The van der Waals surface area contributed by atoms with E-state index in [9.17, 15) is 9.59 Å². The van der Waals surface area contributed by atoms with Gasteiger partial charge in [-0.15, -0.1) is 11.3 Å². The highest BCUT2D eigenvalue weighted by atomic mass is 32.1. The van der Waals surface area contributed by atoms with Crippen LogP contribution in [-0.2, 0) is 11.3 Å². The van der Waals surface area contributed by atoms with Crippen LogP contribution in [0.5, 0.6) is 11.6 Å². The van der Waals surface area contributed by atoms with Crippen molar-refractivity contribution in [3.8, 4) is 11.6 Å². The first-order valence-electron chi connectivity index (χ1n) is 9.24. The van der Waals surface area contributed by atoms with E-state index in [1.165, 1.54) is 11.3 Å². The van der Waals surface area contributed by atoms with E-state index in [4.69, 9.17) is 4.74 Å². The van der Waals surface area contributed by atoms with Crippen molar-refractivity contribution in [1.29, 1.82) is 0 Å². The molecule has 0 spiro atoms. The summed E-state index contributed by atoms with van der Waals surface area (Å²) in [6.45, 7) is 5.96. The molecule has 0 saturated heterocycles. The summed E-state index contributed by atoms with van der Waals surface area (Å²) in [4.78, 5) is 29.1. The third kappa shape index (κ3) is 5.65. The molecule has 3 aromatic rings. The summed E-state index contributed by atoms with van der Waals surface area (Å²) in [7, 11) is 0. The lowest BCUT2D eigenvalue weighted by molar-refractivity contribution is -0.122. The van der Waals surface area contributed by atoms with Gasteiger partial charge in [-0.05, 0) is 55.0 Å². The van der Waals surface area contributed by atoms with Crippen LogP contribution in [0.1, 0.15) is 33.3 Å². The Kier molecular flexibility index (Phi) is 6.61. The number of thiophene rings is 1. The molecular formula is C22H23N3O3S. The van der Waals surface area contributed by atoms with E-state index in [-0.39, 0.29) is 11.8 Å². The van der Waals surface area contributed by atoms with E-state index in [0.717, 1.165) is 22.4 Å². The molecule has 2 aromatic heterocycles. The highest BCUT2D eigenvalue weighted by Gasteiger charge is 2.16. The second-order valence-electron chi connectivity index (χ2n) is 6.77. The molecule has 150 valence electrons. The maximum atomic E-state index is 12.2. The predicted octanol–water partition coefficient (Wildman–Crippen LogP) is 3.99. The lowest BCUT2D eigenvalue weighted by Gasteiger charge is -2.14. The minimum atomic E-state index is -0.635. The number of aryl methyl sites for hydroxylation is 2. The molecule has 7 heteroatoms. The molecule has 0 saturated carbocycles. The van der Waals surface area contributed by atoms with Crippen molar-refractivity contribution in [2.45, 2.75) is 33.4 Å². The molecule has 1 atom stereocenters. The first kappa shape index (κ1) is 20.5. The first-order chi connectivity index (χ1) is 13.9. The monoisotopic (exact) mass is 409 g/mol. The van der Waals surface area contributed by atoms with Crippen LogP contribution in [0, 0.1) is 13.8 Å². The number of ether oxygens (including phenoxy) is 1. The van der Waals surface area contributed by atoms with Crippen molar-refractivity contribution in [1.82, 2.24) is 15.6 Å². The van der Waals surface area contributed by atoms with E-state index in [1.54, 1.807) is 31.3 Å². The van der Waals surface area contributed by atoms with E-state index in [1.807, 2.05) is 43.5 Å². The maximum Gasteiger partial charge on any atom is 0.261 e. The molecule has 3 rings (SSSR count). The second-order valence-corrected chi connectivity index (χ2v) is 7.71. The number of amides is 2. The smallest absolute Gasteiger partial charge is 0.261 e. The fourth-order valence-corrected chi connectivity index (χ4v) is 3.22. The zero-order valence-electron chi connectivity index (χ0n) is 16.6. The van der Waals surface area contributed by atoms with Crippen molar-refractivity contribution < 1.29 is 14.3 Å². The fourth-order valence-electron chi connectivity index (χ4n) is 2.59. The number of carbonyl (C=O) groups excluding carboxylic acids is 2. The molecule has 6 nitrogen and oxygen atoms in total. The van der Waals surface area contributed by atoms with Crippen LogP contribution in [0.3, 0.4) is 0 Å². The number of aromatic nitrogens is 1. The standard InChI is InChI=1S/C22H23N3O3S/c1-14-6-7-15(2)18(11-14)28-20-9-8-17(12-23-20)13-24-21(26)16(3)25-22(27)19-5-4-10-29-19/h4-12,16H,13H2,1-3H3,(H,24,26)(H,25,27)/t16-/m1/s1. The number of nitrogens with zero attached hydrogens (tertiary/aromatic N) is 1. The molecule has 2 heterocycles. The van der Waals surface area contributed by atoms with Gasteiger partial charge in [0.15, 0.2) is 0 Å². The van der Waals surface area contributed by atoms with Crippen LogP contribution < -0.4 is 15.4 Å². The van der Waals surface area contributed by atoms with Crippen LogP contribution in [0.2, 0.25) is 0 Å². The average molecular weight is 410 g/mol. The lowest BCUT2D eigenvalue weighted by Crippen LogP contribution is -2.44. The molecule has 0 bridgehead atoms. The van der Waals surface area contributed by atoms with Gasteiger partial charge in [0, 0.05) is 18.8 Å². The Balaban J connectivity index is 1.51. The van der Waals surface area contributed by atoms with Crippen LogP contribution in [0.4, 0.5) is 0 Å². The third-order valence-electron chi connectivity index (χ3n) is 4.31. The Bertz CT molecular complexity index is 985. The Morgan fingerprint density at radius 1 is 1.17 bits per heavy atom.